The van der Waals surface area contributed by atoms with Crippen molar-refractivity contribution in [1.82, 2.24) is 0 Å². The predicted octanol–water partition coefficient (Wildman–Crippen LogP) is 2.24. The third-order valence-electron chi connectivity index (χ3n) is 2.64. The maximum absolute atomic E-state index is 10.9. The number of hydrogen-bond acceptors (Lipinski definition) is 8. The molecule has 0 aliphatic rings. The van der Waals surface area contributed by atoms with Crippen LogP contribution in [-0.2, 0) is 33.4 Å². The molecule has 1 aromatic rings. The van der Waals surface area contributed by atoms with Crippen LogP contribution in [0.5, 0.6) is 0 Å². The van der Waals surface area contributed by atoms with Gasteiger partial charge in [-0.25, -0.2) is 14.4 Å². The molecule has 0 N–H and O–H groups in total. The summed E-state index contributed by atoms with van der Waals surface area (Å²) < 4.78 is 14.0. The number of ether oxygens (including phenoxy) is 3. The SMILES string of the molecule is C=CC(=O)[O-].CC(C)OC(=O)/C=C/C(=O)OC(C)C.COC(=O)C=Cc1ccccc1. The van der Waals surface area contributed by atoms with Gasteiger partial charge in [-0.1, -0.05) is 36.9 Å². The molecule has 0 aliphatic carbocycles. The highest BCUT2D eigenvalue weighted by molar-refractivity contribution is 5.91. The summed E-state index contributed by atoms with van der Waals surface area (Å²) in [4.78, 5) is 41.7. The number of rotatable bonds is 7. The smallest absolute Gasteiger partial charge is 0.331 e. The highest BCUT2D eigenvalue weighted by Crippen LogP contribution is 2.00. The van der Waals surface area contributed by atoms with Gasteiger partial charge in [0.2, 0.25) is 0 Å². The summed E-state index contributed by atoms with van der Waals surface area (Å²) in [6, 6.07) is 9.59. The average Bonchev–Trinajstić information content (AvgIpc) is 2.71. The molecule has 0 spiro atoms. The van der Waals surface area contributed by atoms with Gasteiger partial charge in [-0.3, -0.25) is 0 Å². The van der Waals surface area contributed by atoms with Gasteiger partial charge in [0, 0.05) is 18.2 Å². The second kappa shape index (κ2) is 18.4. The van der Waals surface area contributed by atoms with Gasteiger partial charge in [0.05, 0.1) is 25.3 Å². The van der Waals surface area contributed by atoms with Crippen LogP contribution >= 0.6 is 0 Å². The quantitative estimate of drug-likeness (QED) is 0.365. The molecule has 8 nitrogen and oxygen atoms in total. The molecule has 170 valence electrons. The maximum atomic E-state index is 10.9. The number of hydrogen-bond donors (Lipinski definition) is 0. The Morgan fingerprint density at radius 2 is 1.26 bits per heavy atom. The molecule has 0 atom stereocenters. The molecule has 0 fully saturated rings. The summed E-state index contributed by atoms with van der Waals surface area (Å²) in [6.45, 7) is 9.84. The number of esters is 3. The lowest BCUT2D eigenvalue weighted by Crippen LogP contribution is -2.17. The van der Waals surface area contributed by atoms with Crippen molar-refractivity contribution >= 4 is 30.0 Å². The number of methoxy groups -OCH3 is 1. The highest BCUT2D eigenvalue weighted by atomic mass is 16.5. The normalized spacial score (nSPS) is 9.90. The minimum Gasteiger partial charge on any atom is -0.545 e. The molecule has 8 heteroatoms. The van der Waals surface area contributed by atoms with Gasteiger partial charge in [-0.2, -0.15) is 0 Å². The van der Waals surface area contributed by atoms with Crippen molar-refractivity contribution in [2.45, 2.75) is 39.9 Å². The predicted molar refractivity (Wildman–Crippen MR) is 114 cm³/mol. The molecule has 0 saturated heterocycles. The fourth-order valence-corrected chi connectivity index (χ4v) is 1.48. The lowest BCUT2D eigenvalue weighted by molar-refractivity contribution is -0.297. The number of carboxylic acids is 1. The molecule has 0 bridgehead atoms. The Labute approximate surface area is 182 Å². The Hall–Kier alpha value is -3.68. The molecule has 1 rings (SSSR count). The van der Waals surface area contributed by atoms with Gasteiger partial charge in [-0.15, -0.1) is 0 Å². The average molecular weight is 433 g/mol. The van der Waals surface area contributed by atoms with Gasteiger partial charge in [-0.05, 0) is 45.4 Å². The molecule has 0 unspecified atom stereocenters. The van der Waals surface area contributed by atoms with E-state index in [4.69, 9.17) is 19.4 Å². The van der Waals surface area contributed by atoms with E-state index in [2.05, 4.69) is 11.3 Å². The molecule has 0 heterocycles. The van der Waals surface area contributed by atoms with Crippen LogP contribution in [0.4, 0.5) is 0 Å². The zero-order valence-corrected chi connectivity index (χ0v) is 18.4. The molecule has 0 aromatic heterocycles. The number of carbonyl (C=O) groups is 4. The Kier molecular flexibility index (Phi) is 17.5. The zero-order chi connectivity index (χ0) is 24.2. The van der Waals surface area contributed by atoms with E-state index >= 15 is 0 Å². The van der Waals surface area contributed by atoms with E-state index in [9.17, 15) is 14.4 Å². The molecular weight excluding hydrogens is 404 g/mol. The van der Waals surface area contributed by atoms with E-state index in [-0.39, 0.29) is 18.2 Å². The first-order chi connectivity index (χ1) is 14.5. The first-order valence-electron chi connectivity index (χ1n) is 9.25. The van der Waals surface area contributed by atoms with Crippen LogP contribution in [0.15, 0.2) is 61.2 Å². The monoisotopic (exact) mass is 433 g/mol. The maximum Gasteiger partial charge on any atom is 0.331 e. The summed E-state index contributed by atoms with van der Waals surface area (Å²) >= 11 is 0. The van der Waals surface area contributed by atoms with E-state index < -0.39 is 17.9 Å². The summed E-state index contributed by atoms with van der Waals surface area (Å²) in [5.74, 6) is -2.65. The fraction of sp³-hybridized carbons (Fsp3) is 0.304. The van der Waals surface area contributed by atoms with Crippen molar-refractivity contribution in [3.63, 3.8) is 0 Å². The molecule has 0 saturated carbocycles. The number of carbonyl (C=O) groups excluding carboxylic acids is 4. The molecule has 0 radical (unpaired) electrons. The zero-order valence-electron chi connectivity index (χ0n) is 18.4. The van der Waals surface area contributed by atoms with Gasteiger partial charge < -0.3 is 24.1 Å². The first kappa shape index (κ1) is 29.5. The lowest BCUT2D eigenvalue weighted by atomic mass is 10.2. The van der Waals surface area contributed by atoms with Gasteiger partial charge in [0.1, 0.15) is 0 Å². The van der Waals surface area contributed by atoms with Crippen LogP contribution in [0.3, 0.4) is 0 Å². The summed E-state index contributed by atoms with van der Waals surface area (Å²) in [6.07, 6.45) is 5.58. The molecular formula is C23H29O8-. The largest absolute Gasteiger partial charge is 0.545 e. The number of benzene rings is 1. The van der Waals surface area contributed by atoms with E-state index in [0.717, 1.165) is 23.8 Å². The number of aliphatic carboxylic acids is 1. The van der Waals surface area contributed by atoms with Crippen molar-refractivity contribution in [2.24, 2.45) is 0 Å². The molecule has 31 heavy (non-hydrogen) atoms. The van der Waals surface area contributed by atoms with Crippen LogP contribution in [0.25, 0.3) is 6.08 Å². The van der Waals surface area contributed by atoms with Crippen molar-refractivity contribution in [3.05, 3.63) is 66.8 Å². The van der Waals surface area contributed by atoms with E-state index in [1.807, 2.05) is 30.3 Å². The van der Waals surface area contributed by atoms with Crippen LogP contribution in [0, 0.1) is 0 Å². The lowest BCUT2D eigenvalue weighted by Gasteiger charge is -2.05. The third-order valence-corrected chi connectivity index (χ3v) is 2.64. The highest BCUT2D eigenvalue weighted by Gasteiger charge is 2.03. The third kappa shape index (κ3) is 22.5. The second-order valence-corrected chi connectivity index (χ2v) is 6.09. The standard InChI is InChI=1S/C10H16O4.C10H10O2.C3H4O2/c1-7(2)13-9(11)5-6-10(12)14-8(3)4;1-12-10(11)8-7-9-5-3-2-4-6-9;1-2-3(4)5/h5-8H,1-4H3;2-8H,1H3;2H,1H2,(H,4,5)/p-1/b6-5+;;. The Morgan fingerprint density at radius 1 is 0.839 bits per heavy atom. The van der Waals surface area contributed by atoms with Gasteiger partial charge in [0.25, 0.3) is 0 Å². The van der Waals surface area contributed by atoms with Crippen molar-refractivity contribution < 1.29 is 38.5 Å². The van der Waals surface area contributed by atoms with Crippen LogP contribution in [0.1, 0.15) is 33.3 Å². The second-order valence-electron chi connectivity index (χ2n) is 6.09. The summed E-state index contributed by atoms with van der Waals surface area (Å²) in [7, 11) is 1.36. The number of carboxylic acid groups (broad SMARTS) is 1. The van der Waals surface area contributed by atoms with Crippen molar-refractivity contribution in [3.8, 4) is 0 Å². The Bertz CT molecular complexity index is 722. The van der Waals surface area contributed by atoms with Crippen LogP contribution in [0.2, 0.25) is 0 Å². The first-order valence-corrected chi connectivity index (χ1v) is 9.25. The minimum absolute atomic E-state index is 0.187. The summed E-state index contributed by atoms with van der Waals surface area (Å²) in [5, 5.41) is 9.14. The van der Waals surface area contributed by atoms with Crippen LogP contribution < -0.4 is 5.11 Å². The van der Waals surface area contributed by atoms with Crippen molar-refractivity contribution in [2.75, 3.05) is 7.11 Å². The summed E-state index contributed by atoms with van der Waals surface area (Å²) in [5.41, 5.74) is 0.989. The van der Waals surface area contributed by atoms with Gasteiger partial charge >= 0.3 is 17.9 Å². The molecule has 0 aliphatic heterocycles. The molecule has 1 aromatic carbocycles. The van der Waals surface area contributed by atoms with Gasteiger partial charge in [0.15, 0.2) is 0 Å². The molecule has 0 amide bonds. The van der Waals surface area contributed by atoms with E-state index in [0.29, 0.717) is 0 Å². The van der Waals surface area contributed by atoms with E-state index in [1.54, 1.807) is 33.8 Å². The Morgan fingerprint density at radius 3 is 1.58 bits per heavy atom. The minimum atomic E-state index is -1.23. The van der Waals surface area contributed by atoms with Crippen molar-refractivity contribution in [1.29, 1.82) is 0 Å². The van der Waals surface area contributed by atoms with E-state index in [1.165, 1.54) is 13.2 Å². The van der Waals surface area contributed by atoms with Crippen LogP contribution in [-0.4, -0.2) is 43.2 Å². The fourth-order valence-electron chi connectivity index (χ4n) is 1.48. The Balaban J connectivity index is 0. The topological polar surface area (TPSA) is 119 Å².